The number of alkyl halides is 2. The predicted molar refractivity (Wildman–Crippen MR) is 43.3 cm³/mol. The SMILES string of the molecule is CCOC=CC1CC1(Cl)Cl. The largest absolute Gasteiger partial charge is 0.502 e. The second-order valence-electron chi connectivity index (χ2n) is 2.36. The van der Waals surface area contributed by atoms with Crippen LogP contribution in [0.3, 0.4) is 0 Å². The Hall–Kier alpha value is 0.120. The first-order chi connectivity index (χ1) is 4.67. The lowest BCUT2D eigenvalue weighted by Gasteiger charge is -1.92. The molecule has 1 nitrogen and oxygen atoms in total. The van der Waals surface area contributed by atoms with Crippen LogP contribution in [0.1, 0.15) is 13.3 Å². The van der Waals surface area contributed by atoms with Crippen molar-refractivity contribution < 1.29 is 4.74 Å². The predicted octanol–water partition coefficient (Wildman–Crippen LogP) is 2.73. The Morgan fingerprint density at radius 1 is 1.70 bits per heavy atom. The van der Waals surface area contributed by atoms with Gasteiger partial charge >= 0.3 is 0 Å². The fraction of sp³-hybridized carbons (Fsp3) is 0.714. The van der Waals surface area contributed by atoms with Gasteiger partial charge in [-0.25, -0.2) is 0 Å². The highest BCUT2D eigenvalue weighted by molar-refractivity contribution is 6.51. The van der Waals surface area contributed by atoms with Crippen molar-refractivity contribution in [3.8, 4) is 0 Å². The van der Waals surface area contributed by atoms with Gasteiger partial charge in [0.2, 0.25) is 0 Å². The Balaban J connectivity index is 2.17. The molecule has 0 aromatic carbocycles. The molecule has 0 radical (unpaired) electrons. The van der Waals surface area contributed by atoms with Gasteiger partial charge in [-0.3, -0.25) is 0 Å². The molecule has 58 valence electrons. The van der Waals surface area contributed by atoms with Crippen molar-refractivity contribution >= 4 is 23.2 Å². The van der Waals surface area contributed by atoms with Gasteiger partial charge in [0.25, 0.3) is 0 Å². The lowest BCUT2D eigenvalue weighted by molar-refractivity contribution is 0.268. The molecule has 0 spiro atoms. The molecular formula is C7H10Cl2O. The third-order valence-electron chi connectivity index (χ3n) is 1.45. The minimum Gasteiger partial charge on any atom is -0.502 e. The van der Waals surface area contributed by atoms with Crippen molar-refractivity contribution in [1.29, 1.82) is 0 Å². The monoisotopic (exact) mass is 180 g/mol. The topological polar surface area (TPSA) is 9.23 Å². The lowest BCUT2D eigenvalue weighted by atomic mass is 10.4. The Bertz CT molecular complexity index is 143. The second kappa shape index (κ2) is 3.02. The van der Waals surface area contributed by atoms with E-state index in [1.165, 1.54) is 0 Å². The van der Waals surface area contributed by atoms with Crippen LogP contribution in [-0.4, -0.2) is 10.9 Å². The van der Waals surface area contributed by atoms with Crippen LogP contribution >= 0.6 is 23.2 Å². The first-order valence-corrected chi connectivity index (χ1v) is 4.08. The van der Waals surface area contributed by atoms with Crippen molar-refractivity contribution in [3.05, 3.63) is 12.3 Å². The van der Waals surface area contributed by atoms with Crippen LogP contribution in [0, 0.1) is 5.92 Å². The molecule has 1 fully saturated rings. The van der Waals surface area contributed by atoms with E-state index in [9.17, 15) is 0 Å². The van der Waals surface area contributed by atoms with E-state index in [2.05, 4.69) is 0 Å². The summed E-state index contributed by atoms with van der Waals surface area (Å²) >= 11 is 11.5. The maximum absolute atomic E-state index is 5.74. The molecule has 1 rings (SSSR count). The van der Waals surface area contributed by atoms with Gasteiger partial charge in [0.15, 0.2) is 0 Å². The van der Waals surface area contributed by atoms with Gasteiger partial charge in [-0.15, -0.1) is 23.2 Å². The van der Waals surface area contributed by atoms with Gasteiger partial charge in [0, 0.05) is 5.92 Å². The second-order valence-corrected chi connectivity index (χ2v) is 3.90. The summed E-state index contributed by atoms with van der Waals surface area (Å²) in [4.78, 5) is 0. The summed E-state index contributed by atoms with van der Waals surface area (Å²) in [6, 6.07) is 0. The van der Waals surface area contributed by atoms with Gasteiger partial charge in [0.05, 0.1) is 12.9 Å². The fourth-order valence-corrected chi connectivity index (χ4v) is 1.17. The summed E-state index contributed by atoms with van der Waals surface area (Å²) in [5.41, 5.74) is 0. The highest BCUT2D eigenvalue weighted by Crippen LogP contribution is 2.53. The summed E-state index contributed by atoms with van der Waals surface area (Å²) in [5, 5.41) is 0. The summed E-state index contributed by atoms with van der Waals surface area (Å²) in [5.74, 6) is 0.294. The third-order valence-corrected chi connectivity index (χ3v) is 2.32. The van der Waals surface area contributed by atoms with Gasteiger partial charge in [-0.1, -0.05) is 0 Å². The van der Waals surface area contributed by atoms with Gasteiger partial charge in [-0.2, -0.15) is 0 Å². The molecule has 1 aliphatic carbocycles. The summed E-state index contributed by atoms with van der Waals surface area (Å²) in [6.07, 6.45) is 4.42. The molecular weight excluding hydrogens is 171 g/mol. The first kappa shape index (κ1) is 8.22. The third kappa shape index (κ3) is 2.06. The molecule has 0 bridgehead atoms. The van der Waals surface area contributed by atoms with Crippen LogP contribution in [0.4, 0.5) is 0 Å². The summed E-state index contributed by atoms with van der Waals surface area (Å²) < 4.78 is 4.47. The van der Waals surface area contributed by atoms with E-state index in [1.807, 2.05) is 13.0 Å². The fourth-order valence-electron chi connectivity index (χ4n) is 0.690. The molecule has 10 heavy (non-hydrogen) atoms. The molecule has 0 amide bonds. The molecule has 0 saturated heterocycles. The maximum Gasteiger partial charge on any atom is 0.125 e. The number of hydrogen-bond acceptors (Lipinski definition) is 1. The molecule has 0 aromatic rings. The van der Waals surface area contributed by atoms with Crippen molar-refractivity contribution in [2.45, 2.75) is 17.7 Å². The van der Waals surface area contributed by atoms with Gasteiger partial charge < -0.3 is 4.74 Å². The van der Waals surface area contributed by atoms with E-state index in [1.54, 1.807) is 6.26 Å². The number of rotatable bonds is 3. The standard InChI is InChI=1S/C7H10Cl2O/c1-2-10-4-3-6-5-7(6,8)9/h3-4,6H,2,5H2,1H3. The van der Waals surface area contributed by atoms with Crippen molar-refractivity contribution in [3.63, 3.8) is 0 Å². The van der Waals surface area contributed by atoms with Crippen LogP contribution in [0.2, 0.25) is 0 Å². The molecule has 3 heteroatoms. The van der Waals surface area contributed by atoms with E-state index in [4.69, 9.17) is 27.9 Å². The zero-order valence-corrected chi connectivity index (χ0v) is 7.32. The first-order valence-electron chi connectivity index (χ1n) is 3.33. The van der Waals surface area contributed by atoms with Gasteiger partial charge in [0.1, 0.15) is 4.33 Å². The van der Waals surface area contributed by atoms with E-state index in [0.717, 1.165) is 6.42 Å². The molecule has 0 aromatic heterocycles. The molecule has 0 heterocycles. The van der Waals surface area contributed by atoms with E-state index in [-0.39, 0.29) is 0 Å². The molecule has 0 N–H and O–H groups in total. The number of halogens is 2. The molecule has 1 aliphatic rings. The van der Waals surface area contributed by atoms with Gasteiger partial charge in [-0.05, 0) is 19.4 Å². The highest BCUT2D eigenvalue weighted by atomic mass is 35.5. The zero-order valence-electron chi connectivity index (χ0n) is 5.81. The minimum atomic E-state index is -0.506. The van der Waals surface area contributed by atoms with Crippen molar-refractivity contribution in [2.75, 3.05) is 6.61 Å². The van der Waals surface area contributed by atoms with E-state index < -0.39 is 4.33 Å². The van der Waals surface area contributed by atoms with Crippen LogP contribution in [0.5, 0.6) is 0 Å². The van der Waals surface area contributed by atoms with Crippen molar-refractivity contribution in [2.24, 2.45) is 5.92 Å². The van der Waals surface area contributed by atoms with E-state index >= 15 is 0 Å². The Morgan fingerprint density at radius 3 is 2.70 bits per heavy atom. The average molecular weight is 181 g/mol. The number of hydrogen-bond donors (Lipinski definition) is 0. The van der Waals surface area contributed by atoms with Crippen LogP contribution in [-0.2, 0) is 4.74 Å². The lowest BCUT2D eigenvalue weighted by Crippen LogP contribution is -1.86. The normalized spacial score (nSPS) is 28.9. The zero-order chi connectivity index (χ0) is 7.61. The Labute approximate surface area is 71.0 Å². The van der Waals surface area contributed by atoms with Crippen LogP contribution in [0.15, 0.2) is 12.3 Å². The summed E-state index contributed by atoms with van der Waals surface area (Å²) in [7, 11) is 0. The van der Waals surface area contributed by atoms with E-state index in [0.29, 0.717) is 12.5 Å². The quantitative estimate of drug-likeness (QED) is 0.480. The summed E-state index contributed by atoms with van der Waals surface area (Å²) in [6.45, 7) is 2.63. The minimum absolute atomic E-state index is 0.294. The maximum atomic E-state index is 5.74. The van der Waals surface area contributed by atoms with Crippen LogP contribution < -0.4 is 0 Å². The molecule has 1 atom stereocenters. The average Bonchev–Trinajstić information content (AvgIpc) is 2.41. The molecule has 1 unspecified atom stereocenters. The Kier molecular flexibility index (Phi) is 2.48. The number of allylic oxidation sites excluding steroid dienone is 1. The van der Waals surface area contributed by atoms with Crippen molar-refractivity contribution in [1.82, 2.24) is 0 Å². The highest BCUT2D eigenvalue weighted by Gasteiger charge is 2.49. The smallest absolute Gasteiger partial charge is 0.125 e. The molecule has 1 saturated carbocycles. The number of ether oxygens (including phenoxy) is 1. The Morgan fingerprint density at radius 2 is 2.30 bits per heavy atom. The molecule has 0 aliphatic heterocycles. The van der Waals surface area contributed by atoms with Crippen LogP contribution in [0.25, 0.3) is 0 Å².